The number of fused-ring (bicyclic) bond motifs is 2. The molecule has 0 aliphatic heterocycles. The van der Waals surface area contributed by atoms with E-state index in [0.29, 0.717) is 0 Å². The van der Waals surface area contributed by atoms with Gasteiger partial charge in [-0.3, -0.25) is 9.97 Å². The van der Waals surface area contributed by atoms with Crippen LogP contribution in [0, 0.1) is 0 Å². The zero-order valence-electron chi connectivity index (χ0n) is 22.3. The first-order valence-electron chi connectivity index (χ1n) is 13.6. The number of aromatic nitrogens is 4. The SMILES string of the molecule is c1ccc(-c2ccc3c(-c4cncc(-c5nccs5)c4)c4ccccc4c(-c4cncc(-c5nccs5)c4)c3c2)cc1. The predicted octanol–water partition coefficient (Wildman–Crippen LogP) is 10.0. The van der Waals surface area contributed by atoms with Crippen molar-refractivity contribution in [3.05, 3.63) is 133 Å². The third-order valence-electron chi connectivity index (χ3n) is 7.54. The van der Waals surface area contributed by atoms with Crippen LogP contribution < -0.4 is 0 Å². The third kappa shape index (κ3) is 4.29. The Morgan fingerprint density at radius 3 is 1.50 bits per heavy atom. The average Bonchev–Trinajstić information content (AvgIpc) is 3.80. The maximum absolute atomic E-state index is 4.68. The average molecular weight is 575 g/mol. The van der Waals surface area contributed by atoms with E-state index in [2.05, 4.69) is 105 Å². The van der Waals surface area contributed by atoms with Gasteiger partial charge in [-0.1, -0.05) is 66.7 Å². The Bertz CT molecular complexity index is 2190. The lowest BCUT2D eigenvalue weighted by molar-refractivity contribution is 1.31. The lowest BCUT2D eigenvalue weighted by atomic mass is 9.85. The monoisotopic (exact) mass is 574 g/mol. The van der Waals surface area contributed by atoms with Gasteiger partial charge in [-0.25, -0.2) is 9.97 Å². The van der Waals surface area contributed by atoms with Crippen molar-refractivity contribution in [1.29, 1.82) is 0 Å². The number of hydrogen-bond acceptors (Lipinski definition) is 6. The fraction of sp³-hybridized carbons (Fsp3) is 0. The minimum absolute atomic E-state index is 0.963. The highest BCUT2D eigenvalue weighted by atomic mass is 32.1. The summed E-state index contributed by atoms with van der Waals surface area (Å²) in [4.78, 5) is 18.4. The summed E-state index contributed by atoms with van der Waals surface area (Å²) in [5.74, 6) is 0. The number of hydrogen-bond donors (Lipinski definition) is 0. The third-order valence-corrected chi connectivity index (χ3v) is 9.19. The topological polar surface area (TPSA) is 51.6 Å². The van der Waals surface area contributed by atoms with Crippen LogP contribution in [0.4, 0.5) is 0 Å². The molecule has 0 unspecified atom stereocenters. The second-order valence-electron chi connectivity index (χ2n) is 10.0. The number of benzene rings is 4. The van der Waals surface area contributed by atoms with E-state index >= 15 is 0 Å². The van der Waals surface area contributed by atoms with Crippen LogP contribution in [-0.2, 0) is 0 Å². The molecule has 0 aliphatic carbocycles. The van der Waals surface area contributed by atoms with Crippen molar-refractivity contribution >= 4 is 44.2 Å². The Morgan fingerprint density at radius 1 is 0.405 bits per heavy atom. The molecular weight excluding hydrogens is 553 g/mol. The van der Waals surface area contributed by atoms with E-state index in [4.69, 9.17) is 0 Å². The van der Waals surface area contributed by atoms with Crippen LogP contribution in [-0.4, -0.2) is 19.9 Å². The highest BCUT2D eigenvalue weighted by Gasteiger charge is 2.19. The van der Waals surface area contributed by atoms with Gasteiger partial charge < -0.3 is 0 Å². The summed E-state index contributed by atoms with van der Waals surface area (Å²) in [7, 11) is 0. The molecule has 0 aliphatic rings. The highest BCUT2D eigenvalue weighted by molar-refractivity contribution is 7.13. The molecule has 0 spiro atoms. The van der Waals surface area contributed by atoms with E-state index in [1.54, 1.807) is 22.7 Å². The molecule has 0 saturated heterocycles. The van der Waals surface area contributed by atoms with Crippen LogP contribution in [0.5, 0.6) is 0 Å². The molecular formula is C36H22N4S2. The summed E-state index contributed by atoms with van der Waals surface area (Å²) < 4.78 is 0. The molecule has 198 valence electrons. The molecule has 42 heavy (non-hydrogen) atoms. The minimum atomic E-state index is 0.963. The first-order valence-corrected chi connectivity index (χ1v) is 15.3. The van der Waals surface area contributed by atoms with Crippen molar-refractivity contribution in [2.75, 3.05) is 0 Å². The second-order valence-corrected chi connectivity index (χ2v) is 11.8. The summed E-state index contributed by atoms with van der Waals surface area (Å²) in [6.45, 7) is 0. The van der Waals surface area contributed by atoms with E-state index in [1.807, 2.05) is 47.9 Å². The van der Waals surface area contributed by atoms with Crippen molar-refractivity contribution in [3.8, 4) is 54.5 Å². The van der Waals surface area contributed by atoms with Crippen LogP contribution >= 0.6 is 22.7 Å². The molecule has 4 nitrogen and oxygen atoms in total. The molecule has 0 fully saturated rings. The molecule has 0 saturated carbocycles. The van der Waals surface area contributed by atoms with Gasteiger partial charge in [-0.05, 0) is 62.0 Å². The van der Waals surface area contributed by atoms with Gasteiger partial charge >= 0.3 is 0 Å². The fourth-order valence-corrected chi connectivity index (χ4v) is 6.97. The molecule has 0 bridgehead atoms. The van der Waals surface area contributed by atoms with Gasteiger partial charge in [-0.2, -0.15) is 0 Å². The highest BCUT2D eigenvalue weighted by Crippen LogP contribution is 2.45. The second kappa shape index (κ2) is 10.4. The minimum Gasteiger partial charge on any atom is -0.263 e. The van der Waals surface area contributed by atoms with E-state index in [0.717, 1.165) is 37.8 Å². The van der Waals surface area contributed by atoms with Crippen molar-refractivity contribution in [3.63, 3.8) is 0 Å². The standard InChI is InChI=1S/C36H22N4S2/c1-2-6-23(7-3-1)24-10-11-31-32(18-24)34(26-17-28(22-38-20-26)36-40-13-15-42-36)30-9-5-4-8-29(30)33(31)25-16-27(21-37-19-25)35-39-12-14-41-35/h1-22H. The van der Waals surface area contributed by atoms with Crippen molar-refractivity contribution in [2.24, 2.45) is 0 Å². The van der Waals surface area contributed by atoms with Crippen LogP contribution in [0.1, 0.15) is 0 Å². The molecule has 4 aromatic carbocycles. The first kappa shape index (κ1) is 24.7. The normalized spacial score (nSPS) is 11.3. The molecule has 4 aromatic heterocycles. The van der Waals surface area contributed by atoms with Gasteiger partial charge in [0.05, 0.1) is 0 Å². The van der Waals surface area contributed by atoms with Gasteiger partial charge in [0.15, 0.2) is 0 Å². The van der Waals surface area contributed by atoms with Gasteiger partial charge in [0.1, 0.15) is 10.0 Å². The number of rotatable bonds is 5. The van der Waals surface area contributed by atoms with Crippen molar-refractivity contribution in [2.45, 2.75) is 0 Å². The Balaban J connectivity index is 1.47. The van der Waals surface area contributed by atoms with Crippen molar-refractivity contribution in [1.82, 2.24) is 19.9 Å². The van der Waals surface area contributed by atoms with E-state index in [1.165, 1.54) is 38.2 Å². The van der Waals surface area contributed by atoms with Gasteiger partial charge in [0, 0.05) is 70.2 Å². The summed E-state index contributed by atoms with van der Waals surface area (Å²) in [5.41, 5.74) is 8.85. The summed E-state index contributed by atoms with van der Waals surface area (Å²) >= 11 is 3.25. The van der Waals surface area contributed by atoms with E-state index < -0.39 is 0 Å². The lowest BCUT2D eigenvalue weighted by Crippen LogP contribution is -1.93. The maximum Gasteiger partial charge on any atom is 0.124 e. The van der Waals surface area contributed by atoms with E-state index in [9.17, 15) is 0 Å². The molecule has 0 atom stereocenters. The van der Waals surface area contributed by atoms with Crippen LogP contribution in [0.3, 0.4) is 0 Å². The summed E-state index contributed by atoms with van der Waals surface area (Å²) in [5, 5.41) is 10.6. The summed E-state index contributed by atoms with van der Waals surface area (Å²) in [6.07, 6.45) is 11.4. The molecule has 8 rings (SSSR count). The predicted molar refractivity (Wildman–Crippen MR) is 176 cm³/mol. The quantitative estimate of drug-likeness (QED) is 0.192. The smallest absolute Gasteiger partial charge is 0.124 e. The Morgan fingerprint density at radius 2 is 0.929 bits per heavy atom. The molecule has 0 radical (unpaired) electrons. The zero-order valence-corrected chi connectivity index (χ0v) is 23.9. The van der Waals surface area contributed by atoms with Gasteiger partial charge in [0.2, 0.25) is 0 Å². The van der Waals surface area contributed by atoms with Crippen LogP contribution in [0.25, 0.3) is 76.1 Å². The largest absolute Gasteiger partial charge is 0.263 e. The Kier molecular flexibility index (Phi) is 6.13. The van der Waals surface area contributed by atoms with Gasteiger partial charge in [0.25, 0.3) is 0 Å². The molecule has 6 heteroatoms. The van der Waals surface area contributed by atoms with Crippen LogP contribution in [0.15, 0.2) is 133 Å². The molecule has 0 N–H and O–H groups in total. The number of pyridine rings is 2. The lowest BCUT2D eigenvalue weighted by Gasteiger charge is -2.19. The Labute approximate surface area is 250 Å². The summed E-state index contributed by atoms with van der Waals surface area (Å²) in [6, 6.07) is 30.4. The van der Waals surface area contributed by atoms with Crippen LogP contribution in [0.2, 0.25) is 0 Å². The maximum atomic E-state index is 4.68. The molecule has 8 aromatic rings. The number of nitrogens with zero attached hydrogens (tertiary/aromatic N) is 4. The molecule has 4 heterocycles. The van der Waals surface area contributed by atoms with Gasteiger partial charge in [-0.15, -0.1) is 22.7 Å². The first-order chi connectivity index (χ1) is 20.8. The fourth-order valence-electron chi connectivity index (χ4n) is 5.73. The Hall–Kier alpha value is -5.04. The number of thiazole rings is 2. The zero-order chi connectivity index (χ0) is 27.9. The van der Waals surface area contributed by atoms with Crippen molar-refractivity contribution < 1.29 is 0 Å². The van der Waals surface area contributed by atoms with E-state index in [-0.39, 0.29) is 0 Å². The molecule has 0 amide bonds.